The van der Waals surface area contributed by atoms with Crippen molar-refractivity contribution in [3.8, 4) is 5.69 Å². The number of pyridine rings is 1. The van der Waals surface area contributed by atoms with Crippen LogP contribution in [0.2, 0.25) is 0 Å². The number of hydrogen-bond donors (Lipinski definition) is 2. The van der Waals surface area contributed by atoms with E-state index >= 15 is 0 Å². The lowest BCUT2D eigenvalue weighted by atomic mass is 10.1. The van der Waals surface area contributed by atoms with Gasteiger partial charge in [0.2, 0.25) is 0 Å². The minimum Gasteiger partial charge on any atom is -0.384 e. The third kappa shape index (κ3) is 1.92. The Morgan fingerprint density at radius 3 is 2.62 bits per heavy atom. The number of nitrogens with one attached hydrogen (secondary N) is 1. The van der Waals surface area contributed by atoms with Crippen molar-refractivity contribution in [3.63, 3.8) is 0 Å². The second-order valence-electron chi connectivity index (χ2n) is 4.80. The minimum absolute atomic E-state index is 0.0193. The van der Waals surface area contributed by atoms with Crippen LogP contribution in [0.25, 0.3) is 5.69 Å². The highest BCUT2D eigenvalue weighted by Gasteiger charge is 2.31. The van der Waals surface area contributed by atoms with Crippen LogP contribution < -0.4 is 16.6 Å². The Bertz CT molecular complexity index is 837. The average molecular weight is 283 g/mol. The summed E-state index contributed by atoms with van der Waals surface area (Å²) in [6.07, 6.45) is 0.812. The number of nitrogens with two attached hydrogens (primary N) is 1. The fourth-order valence-electron chi connectivity index (χ4n) is 2.46. The fraction of sp³-hybridized carbons (Fsp3) is 0.133. The molecule has 6 nitrogen and oxygen atoms in total. The van der Waals surface area contributed by atoms with Crippen LogP contribution >= 0.6 is 0 Å². The highest BCUT2D eigenvalue weighted by Crippen LogP contribution is 2.23. The van der Waals surface area contributed by atoms with Crippen LogP contribution in [0.4, 0.5) is 5.82 Å². The van der Waals surface area contributed by atoms with Crippen LogP contribution in [0.3, 0.4) is 0 Å². The summed E-state index contributed by atoms with van der Waals surface area (Å²) in [6, 6.07) is 8.47. The molecule has 2 heterocycles. The first-order valence-electron chi connectivity index (χ1n) is 6.53. The third-order valence-electron chi connectivity index (χ3n) is 3.53. The molecule has 2 aromatic rings. The molecule has 1 aliphatic heterocycles. The minimum atomic E-state index is -0.590. The largest absolute Gasteiger partial charge is 0.384 e. The van der Waals surface area contributed by atoms with Crippen molar-refractivity contribution in [2.75, 3.05) is 5.73 Å². The number of aryl methyl sites for hydroxylation is 1. The van der Waals surface area contributed by atoms with E-state index in [0.717, 1.165) is 18.1 Å². The van der Waals surface area contributed by atoms with Gasteiger partial charge in [-0.2, -0.15) is 0 Å². The summed E-state index contributed by atoms with van der Waals surface area (Å²) < 4.78 is 1.25. The van der Waals surface area contributed by atoms with Gasteiger partial charge in [0.15, 0.2) is 0 Å². The highest BCUT2D eigenvalue weighted by atomic mass is 16.2. The number of anilines is 1. The van der Waals surface area contributed by atoms with Crippen molar-refractivity contribution in [2.45, 2.75) is 13.3 Å². The fourth-order valence-corrected chi connectivity index (χ4v) is 2.46. The summed E-state index contributed by atoms with van der Waals surface area (Å²) in [6.45, 7) is 2.00. The molecule has 0 bridgehead atoms. The van der Waals surface area contributed by atoms with Gasteiger partial charge in [-0.25, -0.2) is 0 Å². The Morgan fingerprint density at radius 1 is 1.14 bits per heavy atom. The molecule has 0 saturated carbocycles. The monoisotopic (exact) mass is 283 g/mol. The molecule has 106 valence electrons. The van der Waals surface area contributed by atoms with E-state index in [1.54, 1.807) is 6.07 Å². The highest BCUT2D eigenvalue weighted by molar-refractivity contribution is 6.23. The molecule has 3 rings (SSSR count). The van der Waals surface area contributed by atoms with Crippen LogP contribution in [-0.4, -0.2) is 16.4 Å². The molecular weight excluding hydrogens is 270 g/mol. The van der Waals surface area contributed by atoms with Gasteiger partial charge in [-0.05, 0) is 24.1 Å². The molecule has 1 aliphatic rings. The van der Waals surface area contributed by atoms with Crippen molar-refractivity contribution in [1.82, 2.24) is 9.88 Å². The van der Waals surface area contributed by atoms with Crippen molar-refractivity contribution >= 4 is 17.6 Å². The molecule has 6 heteroatoms. The van der Waals surface area contributed by atoms with E-state index in [2.05, 4.69) is 5.32 Å². The number of rotatable bonds is 2. The van der Waals surface area contributed by atoms with E-state index < -0.39 is 17.4 Å². The van der Waals surface area contributed by atoms with Crippen LogP contribution in [-0.2, 0) is 6.42 Å². The first-order chi connectivity index (χ1) is 10.0. The number of fused-ring (bicyclic) bond motifs is 1. The quantitative estimate of drug-likeness (QED) is 0.799. The maximum Gasteiger partial charge on any atom is 0.262 e. The number of benzene rings is 1. The maximum atomic E-state index is 12.2. The van der Waals surface area contributed by atoms with E-state index in [0.29, 0.717) is 5.69 Å². The maximum absolute atomic E-state index is 12.2. The first-order valence-corrected chi connectivity index (χ1v) is 6.53. The van der Waals surface area contributed by atoms with E-state index in [-0.39, 0.29) is 16.9 Å². The Labute approximate surface area is 120 Å². The Morgan fingerprint density at radius 2 is 1.90 bits per heavy atom. The van der Waals surface area contributed by atoms with Crippen molar-refractivity contribution in [3.05, 3.63) is 57.4 Å². The molecule has 0 atom stereocenters. The number of hydrogen-bond acceptors (Lipinski definition) is 4. The molecule has 0 spiro atoms. The topological polar surface area (TPSA) is 94.2 Å². The summed E-state index contributed by atoms with van der Waals surface area (Å²) in [4.78, 5) is 35.6. The van der Waals surface area contributed by atoms with Gasteiger partial charge in [0.25, 0.3) is 17.4 Å². The summed E-state index contributed by atoms with van der Waals surface area (Å²) in [5.74, 6) is -1.18. The lowest BCUT2D eigenvalue weighted by Crippen LogP contribution is -2.24. The third-order valence-corrected chi connectivity index (χ3v) is 3.53. The zero-order chi connectivity index (χ0) is 15.1. The lowest BCUT2D eigenvalue weighted by Gasteiger charge is -2.12. The molecule has 3 N–H and O–H groups in total. The number of nitrogens with zero attached hydrogens (tertiary/aromatic N) is 1. The summed E-state index contributed by atoms with van der Waals surface area (Å²) >= 11 is 0. The Balaban J connectivity index is 2.30. The predicted molar refractivity (Wildman–Crippen MR) is 77.6 cm³/mol. The molecular formula is C15H13N3O3. The summed E-state index contributed by atoms with van der Waals surface area (Å²) in [5.41, 5.74) is 7.23. The van der Waals surface area contributed by atoms with E-state index in [4.69, 9.17) is 5.73 Å². The summed E-state index contributed by atoms with van der Waals surface area (Å²) in [5, 5.41) is 2.14. The van der Waals surface area contributed by atoms with Crippen LogP contribution in [0.5, 0.6) is 0 Å². The predicted octanol–water partition coefficient (Wildman–Crippen LogP) is 0.866. The van der Waals surface area contributed by atoms with Gasteiger partial charge in [-0.15, -0.1) is 0 Å². The Hall–Kier alpha value is -2.89. The number of aromatic nitrogens is 1. The molecule has 0 aliphatic carbocycles. The standard InChI is InChI=1S/C15H13N3O3/c1-2-8-4-3-5-9(6-8)18-11(19)7-10-12(13(18)16)15(21)17-14(10)20/h3-7H,2,16H2,1H3,(H,17,20,21). The normalized spacial score (nSPS) is 13.2. The lowest BCUT2D eigenvalue weighted by molar-refractivity contribution is 0.0880. The average Bonchev–Trinajstić information content (AvgIpc) is 2.74. The molecule has 0 unspecified atom stereocenters. The smallest absolute Gasteiger partial charge is 0.262 e. The zero-order valence-corrected chi connectivity index (χ0v) is 11.3. The van der Waals surface area contributed by atoms with E-state index in [1.165, 1.54) is 4.57 Å². The molecule has 1 aromatic carbocycles. The number of carbonyl (C=O) groups excluding carboxylic acids is 2. The first kappa shape index (κ1) is 13.1. The van der Waals surface area contributed by atoms with Crippen molar-refractivity contribution in [2.24, 2.45) is 0 Å². The zero-order valence-electron chi connectivity index (χ0n) is 11.3. The molecule has 21 heavy (non-hydrogen) atoms. The van der Waals surface area contributed by atoms with E-state index in [9.17, 15) is 14.4 Å². The van der Waals surface area contributed by atoms with Gasteiger partial charge in [-0.3, -0.25) is 24.3 Å². The molecule has 0 fully saturated rings. The summed E-state index contributed by atoms with van der Waals surface area (Å²) in [7, 11) is 0. The van der Waals surface area contributed by atoms with Crippen molar-refractivity contribution in [1.29, 1.82) is 0 Å². The van der Waals surface area contributed by atoms with Crippen LogP contribution in [0.15, 0.2) is 35.1 Å². The second-order valence-corrected chi connectivity index (χ2v) is 4.80. The number of imide groups is 1. The van der Waals surface area contributed by atoms with Gasteiger partial charge in [0.1, 0.15) is 5.82 Å². The van der Waals surface area contributed by atoms with Gasteiger partial charge >= 0.3 is 0 Å². The van der Waals surface area contributed by atoms with Gasteiger partial charge in [0.05, 0.1) is 16.8 Å². The number of amides is 2. The number of nitrogen functional groups attached to an aromatic ring is 1. The molecule has 0 radical (unpaired) electrons. The molecule has 0 saturated heterocycles. The van der Waals surface area contributed by atoms with E-state index in [1.807, 2.05) is 25.1 Å². The SMILES string of the molecule is CCc1cccc(-n2c(N)c3c(cc2=O)C(=O)NC3=O)c1. The van der Waals surface area contributed by atoms with Gasteiger partial charge in [-0.1, -0.05) is 19.1 Å². The second kappa shape index (κ2) is 4.59. The van der Waals surface area contributed by atoms with Gasteiger partial charge < -0.3 is 5.73 Å². The molecule has 1 aromatic heterocycles. The van der Waals surface area contributed by atoms with Crippen LogP contribution in [0, 0.1) is 0 Å². The Kier molecular flexibility index (Phi) is 2.86. The van der Waals surface area contributed by atoms with Crippen LogP contribution in [0.1, 0.15) is 33.2 Å². The molecule has 2 amide bonds. The van der Waals surface area contributed by atoms with Gasteiger partial charge in [0, 0.05) is 6.07 Å². The van der Waals surface area contributed by atoms with Crippen molar-refractivity contribution < 1.29 is 9.59 Å². The number of carbonyl (C=O) groups is 2.